The molecule has 1 aromatic heterocycles. The number of hydrogen-bond acceptors (Lipinski definition) is 2. The number of aromatic nitrogens is 1. The maximum Gasteiger partial charge on any atom is 0.272 e. The topological polar surface area (TPSA) is 33.2 Å². The van der Waals surface area contributed by atoms with Crippen LogP contribution in [0.5, 0.6) is 0 Å². The summed E-state index contributed by atoms with van der Waals surface area (Å²) in [7, 11) is 0. The Kier molecular flexibility index (Phi) is 3.63. The first kappa shape index (κ1) is 13.0. The van der Waals surface area contributed by atoms with Crippen LogP contribution in [0.1, 0.15) is 36.2 Å². The number of pyridine rings is 1. The predicted molar refractivity (Wildman–Crippen MR) is 76.1 cm³/mol. The van der Waals surface area contributed by atoms with Crippen molar-refractivity contribution in [3.63, 3.8) is 0 Å². The average Bonchev–Trinajstić information content (AvgIpc) is 2.74. The molecule has 1 fully saturated rings. The number of amides is 1. The summed E-state index contributed by atoms with van der Waals surface area (Å²) in [5, 5.41) is 0.846. The summed E-state index contributed by atoms with van der Waals surface area (Å²) in [5.41, 5.74) is 0.940. The van der Waals surface area contributed by atoms with Gasteiger partial charge in [0.1, 0.15) is 11.5 Å². The lowest BCUT2D eigenvalue weighted by Gasteiger charge is -2.19. The molecule has 2 aromatic rings. The van der Waals surface area contributed by atoms with E-state index in [-0.39, 0.29) is 11.7 Å². The molecule has 3 rings (SSSR count). The monoisotopic (exact) mass is 272 g/mol. The molecule has 0 bridgehead atoms. The van der Waals surface area contributed by atoms with Crippen LogP contribution < -0.4 is 0 Å². The zero-order valence-corrected chi connectivity index (χ0v) is 11.3. The highest BCUT2D eigenvalue weighted by Crippen LogP contribution is 2.17. The molecule has 0 spiro atoms. The molecular weight excluding hydrogens is 255 g/mol. The molecule has 0 N–H and O–H groups in total. The quantitative estimate of drug-likeness (QED) is 0.797. The van der Waals surface area contributed by atoms with Gasteiger partial charge in [0, 0.05) is 24.5 Å². The summed E-state index contributed by atoms with van der Waals surface area (Å²) < 4.78 is 13.2. The van der Waals surface area contributed by atoms with Gasteiger partial charge in [-0.2, -0.15) is 0 Å². The first-order valence-electron chi connectivity index (χ1n) is 7.10. The van der Waals surface area contributed by atoms with E-state index in [1.165, 1.54) is 25.0 Å². The number of benzene rings is 1. The number of halogens is 1. The van der Waals surface area contributed by atoms with Gasteiger partial charge in [0.05, 0.1) is 5.52 Å². The van der Waals surface area contributed by atoms with Gasteiger partial charge in [0.2, 0.25) is 0 Å². The minimum atomic E-state index is -0.329. The normalized spacial score (nSPS) is 16.1. The van der Waals surface area contributed by atoms with Crippen LogP contribution in [0.25, 0.3) is 10.9 Å². The SMILES string of the molecule is O=C(c1ccc2ccc(F)cc2n1)N1CCCCCC1. The second-order valence-corrected chi connectivity index (χ2v) is 5.24. The van der Waals surface area contributed by atoms with E-state index in [4.69, 9.17) is 0 Å². The summed E-state index contributed by atoms with van der Waals surface area (Å²) in [5.74, 6) is -0.373. The molecule has 1 aromatic carbocycles. The summed E-state index contributed by atoms with van der Waals surface area (Å²) in [6.07, 6.45) is 4.46. The van der Waals surface area contributed by atoms with Gasteiger partial charge in [-0.05, 0) is 31.0 Å². The third-order valence-corrected chi connectivity index (χ3v) is 3.77. The number of likely N-dealkylation sites (tertiary alicyclic amines) is 1. The van der Waals surface area contributed by atoms with E-state index in [1.807, 2.05) is 11.0 Å². The van der Waals surface area contributed by atoms with Crippen molar-refractivity contribution < 1.29 is 9.18 Å². The lowest BCUT2D eigenvalue weighted by molar-refractivity contribution is 0.0756. The van der Waals surface area contributed by atoms with Crippen molar-refractivity contribution in [3.05, 3.63) is 41.8 Å². The third-order valence-electron chi connectivity index (χ3n) is 3.77. The highest BCUT2D eigenvalue weighted by atomic mass is 19.1. The Balaban J connectivity index is 1.90. The Morgan fingerprint density at radius 2 is 1.75 bits per heavy atom. The number of fused-ring (bicyclic) bond motifs is 1. The predicted octanol–water partition coefficient (Wildman–Crippen LogP) is 3.39. The Morgan fingerprint density at radius 1 is 1.05 bits per heavy atom. The molecule has 0 atom stereocenters. The molecule has 3 nitrogen and oxygen atoms in total. The summed E-state index contributed by atoms with van der Waals surface area (Å²) in [6, 6.07) is 8.01. The fourth-order valence-electron chi connectivity index (χ4n) is 2.65. The molecule has 20 heavy (non-hydrogen) atoms. The minimum Gasteiger partial charge on any atom is -0.337 e. The molecule has 1 amide bonds. The minimum absolute atomic E-state index is 0.0435. The lowest BCUT2D eigenvalue weighted by Crippen LogP contribution is -2.32. The Morgan fingerprint density at radius 3 is 2.50 bits per heavy atom. The van der Waals surface area contributed by atoms with E-state index in [0.717, 1.165) is 31.3 Å². The van der Waals surface area contributed by atoms with E-state index in [1.54, 1.807) is 12.1 Å². The van der Waals surface area contributed by atoms with Crippen molar-refractivity contribution in [1.29, 1.82) is 0 Å². The zero-order valence-electron chi connectivity index (χ0n) is 11.3. The van der Waals surface area contributed by atoms with Gasteiger partial charge in [-0.25, -0.2) is 9.37 Å². The first-order valence-corrected chi connectivity index (χ1v) is 7.10. The summed E-state index contributed by atoms with van der Waals surface area (Å²) in [6.45, 7) is 1.59. The molecule has 1 aliphatic rings. The first-order chi connectivity index (χ1) is 9.74. The van der Waals surface area contributed by atoms with Crippen molar-refractivity contribution in [2.24, 2.45) is 0 Å². The fraction of sp³-hybridized carbons (Fsp3) is 0.375. The number of rotatable bonds is 1. The maximum absolute atomic E-state index is 13.2. The number of nitrogens with zero attached hydrogens (tertiary/aromatic N) is 2. The van der Waals surface area contributed by atoms with Gasteiger partial charge < -0.3 is 4.90 Å². The van der Waals surface area contributed by atoms with E-state index in [9.17, 15) is 9.18 Å². The number of hydrogen-bond donors (Lipinski definition) is 0. The largest absolute Gasteiger partial charge is 0.337 e. The lowest BCUT2D eigenvalue weighted by atomic mass is 10.2. The van der Waals surface area contributed by atoms with E-state index >= 15 is 0 Å². The molecule has 0 radical (unpaired) electrons. The average molecular weight is 272 g/mol. The van der Waals surface area contributed by atoms with Crippen LogP contribution >= 0.6 is 0 Å². The van der Waals surface area contributed by atoms with Crippen LogP contribution in [0.3, 0.4) is 0 Å². The van der Waals surface area contributed by atoms with Crippen LogP contribution in [0.15, 0.2) is 30.3 Å². The Bertz CT molecular complexity index is 633. The third kappa shape index (κ3) is 2.64. The number of carbonyl (C=O) groups is 1. The van der Waals surface area contributed by atoms with Crippen LogP contribution in [0, 0.1) is 5.82 Å². The highest BCUT2D eigenvalue weighted by molar-refractivity contribution is 5.94. The van der Waals surface area contributed by atoms with E-state index < -0.39 is 0 Å². The van der Waals surface area contributed by atoms with Gasteiger partial charge in [0.15, 0.2) is 0 Å². The fourth-order valence-corrected chi connectivity index (χ4v) is 2.65. The molecule has 4 heteroatoms. The molecule has 0 unspecified atom stereocenters. The van der Waals surface area contributed by atoms with Crippen molar-refractivity contribution in [2.45, 2.75) is 25.7 Å². The second-order valence-electron chi connectivity index (χ2n) is 5.24. The molecule has 0 aliphatic carbocycles. The van der Waals surface area contributed by atoms with Crippen molar-refractivity contribution >= 4 is 16.8 Å². The maximum atomic E-state index is 13.2. The van der Waals surface area contributed by atoms with Crippen LogP contribution in [0.2, 0.25) is 0 Å². The molecular formula is C16H17FN2O. The van der Waals surface area contributed by atoms with Gasteiger partial charge in [-0.15, -0.1) is 0 Å². The Hall–Kier alpha value is -1.97. The smallest absolute Gasteiger partial charge is 0.272 e. The van der Waals surface area contributed by atoms with Gasteiger partial charge in [-0.1, -0.05) is 18.9 Å². The zero-order chi connectivity index (χ0) is 13.9. The molecule has 0 saturated carbocycles. The van der Waals surface area contributed by atoms with E-state index in [0.29, 0.717) is 11.2 Å². The Labute approximate surface area is 117 Å². The van der Waals surface area contributed by atoms with Gasteiger partial charge in [-0.3, -0.25) is 4.79 Å². The van der Waals surface area contributed by atoms with Crippen LogP contribution in [0.4, 0.5) is 4.39 Å². The standard InChI is InChI=1S/C16H17FN2O/c17-13-7-5-12-6-8-14(18-15(12)11-13)16(20)19-9-3-1-2-4-10-19/h5-8,11H,1-4,9-10H2. The highest BCUT2D eigenvalue weighted by Gasteiger charge is 2.18. The van der Waals surface area contributed by atoms with Crippen LogP contribution in [-0.4, -0.2) is 28.9 Å². The molecule has 2 heterocycles. The summed E-state index contributed by atoms with van der Waals surface area (Å²) in [4.78, 5) is 18.6. The molecule has 104 valence electrons. The van der Waals surface area contributed by atoms with Gasteiger partial charge in [0.25, 0.3) is 5.91 Å². The molecule has 1 aliphatic heterocycles. The number of carbonyl (C=O) groups excluding carboxylic acids is 1. The van der Waals surface area contributed by atoms with Crippen molar-refractivity contribution in [2.75, 3.05) is 13.1 Å². The van der Waals surface area contributed by atoms with Crippen molar-refractivity contribution in [1.82, 2.24) is 9.88 Å². The molecule has 1 saturated heterocycles. The van der Waals surface area contributed by atoms with Crippen LogP contribution in [-0.2, 0) is 0 Å². The summed E-state index contributed by atoms with van der Waals surface area (Å²) >= 11 is 0. The van der Waals surface area contributed by atoms with Gasteiger partial charge >= 0.3 is 0 Å². The second kappa shape index (κ2) is 5.57. The van der Waals surface area contributed by atoms with E-state index in [2.05, 4.69) is 4.98 Å². The van der Waals surface area contributed by atoms with Crippen molar-refractivity contribution in [3.8, 4) is 0 Å².